The molecule has 0 aliphatic carbocycles. The zero-order valence-electron chi connectivity index (χ0n) is 7.66. The van der Waals surface area contributed by atoms with Gasteiger partial charge in [-0.3, -0.25) is 10.4 Å². The first-order valence-corrected chi connectivity index (χ1v) is 4.33. The van der Waals surface area contributed by atoms with Crippen LogP contribution in [0.15, 0.2) is 0 Å². The van der Waals surface area contributed by atoms with Gasteiger partial charge in [-0.1, -0.05) is 12.8 Å². The van der Waals surface area contributed by atoms with E-state index in [0.29, 0.717) is 13.0 Å². The van der Waals surface area contributed by atoms with Crippen LogP contribution in [0.1, 0.15) is 25.7 Å². The Kier molecular flexibility index (Phi) is 7.27. The number of unbranched alkanes of at least 4 members (excludes halogenated alkanes) is 3. The number of carbonyl (C=O) groups is 1. The molecule has 0 unspecified atom stereocenters. The first kappa shape index (κ1) is 12.2. The first-order chi connectivity index (χ1) is 6.22. The molecule has 0 aromatic carbocycles. The summed E-state index contributed by atoms with van der Waals surface area (Å²) in [6.07, 6.45) is 3.28. The summed E-state index contributed by atoms with van der Waals surface area (Å²) >= 11 is 0. The van der Waals surface area contributed by atoms with Crippen LogP contribution in [0.4, 0.5) is 4.79 Å². The van der Waals surface area contributed by atoms with Crippen molar-refractivity contribution in [1.82, 2.24) is 10.4 Å². The minimum absolute atomic E-state index is 0.0321. The number of hydrogen-bond donors (Lipinski definition) is 3. The number of urea groups is 1. The number of amides is 2. The monoisotopic (exact) mass is 189 g/mol. The molecule has 0 aromatic heterocycles. The van der Waals surface area contributed by atoms with Gasteiger partial charge in [-0.2, -0.15) is 0 Å². The Hall–Kier alpha value is -0.850. The molecule has 13 heavy (non-hydrogen) atoms. The molecular weight excluding hydrogens is 172 g/mol. The molecule has 1 radical (unpaired) electrons. The van der Waals surface area contributed by atoms with Gasteiger partial charge in [0.05, 0.1) is 6.61 Å². The summed E-state index contributed by atoms with van der Waals surface area (Å²) in [7, 11) is 0. The SMILES string of the molecule is NNC(=O)N(N)CCCCCC[O]. The summed E-state index contributed by atoms with van der Waals surface area (Å²) in [6, 6.07) is -0.496. The zero-order valence-corrected chi connectivity index (χ0v) is 7.66. The highest BCUT2D eigenvalue weighted by Gasteiger charge is 2.04. The summed E-state index contributed by atoms with van der Waals surface area (Å²) in [5, 5.41) is 11.1. The minimum atomic E-state index is -0.496. The van der Waals surface area contributed by atoms with Crippen molar-refractivity contribution in [3.05, 3.63) is 0 Å². The van der Waals surface area contributed by atoms with E-state index in [2.05, 4.69) is 0 Å². The molecule has 0 spiro atoms. The molecule has 0 saturated carbocycles. The molecule has 6 nitrogen and oxygen atoms in total. The summed E-state index contributed by atoms with van der Waals surface area (Å²) < 4.78 is 0. The fourth-order valence-corrected chi connectivity index (χ4v) is 0.922. The topological polar surface area (TPSA) is 104 Å². The molecule has 0 saturated heterocycles. The second-order valence-electron chi connectivity index (χ2n) is 2.76. The fraction of sp³-hybridized carbons (Fsp3) is 0.857. The van der Waals surface area contributed by atoms with E-state index in [1.165, 1.54) is 0 Å². The predicted molar refractivity (Wildman–Crippen MR) is 47.6 cm³/mol. The van der Waals surface area contributed by atoms with Gasteiger partial charge in [0.25, 0.3) is 0 Å². The predicted octanol–water partition coefficient (Wildman–Crippen LogP) is -0.264. The highest BCUT2D eigenvalue weighted by Crippen LogP contribution is 1.99. The average molecular weight is 189 g/mol. The van der Waals surface area contributed by atoms with Gasteiger partial charge in [0.15, 0.2) is 0 Å². The number of carbonyl (C=O) groups excluding carboxylic acids is 1. The average Bonchev–Trinajstić information content (AvgIpc) is 2.16. The van der Waals surface area contributed by atoms with Crippen molar-refractivity contribution in [3.63, 3.8) is 0 Å². The first-order valence-electron chi connectivity index (χ1n) is 4.33. The van der Waals surface area contributed by atoms with E-state index in [-0.39, 0.29) is 6.61 Å². The fourth-order valence-electron chi connectivity index (χ4n) is 0.922. The molecule has 5 N–H and O–H groups in total. The van der Waals surface area contributed by atoms with E-state index in [4.69, 9.17) is 11.7 Å². The third kappa shape index (κ3) is 6.32. The van der Waals surface area contributed by atoms with Crippen LogP contribution in [0.25, 0.3) is 0 Å². The van der Waals surface area contributed by atoms with Crippen LogP contribution < -0.4 is 17.1 Å². The summed E-state index contributed by atoms with van der Waals surface area (Å²) in [6.45, 7) is 0.428. The van der Waals surface area contributed by atoms with E-state index in [1.807, 2.05) is 5.43 Å². The maximum atomic E-state index is 10.7. The lowest BCUT2D eigenvalue weighted by Crippen LogP contribution is -2.47. The van der Waals surface area contributed by atoms with Crippen LogP contribution in [-0.4, -0.2) is 24.2 Å². The zero-order chi connectivity index (χ0) is 10.1. The van der Waals surface area contributed by atoms with Crippen molar-refractivity contribution >= 4 is 6.03 Å². The van der Waals surface area contributed by atoms with Crippen LogP contribution in [0.5, 0.6) is 0 Å². The third-order valence-corrected chi connectivity index (χ3v) is 1.68. The Morgan fingerprint density at radius 1 is 1.23 bits per heavy atom. The van der Waals surface area contributed by atoms with Crippen molar-refractivity contribution in [2.75, 3.05) is 13.2 Å². The molecule has 77 valence electrons. The van der Waals surface area contributed by atoms with Gasteiger partial charge in [-0.05, 0) is 12.8 Å². The largest absolute Gasteiger partial charge is 0.345 e. The molecule has 2 amide bonds. The molecule has 0 heterocycles. The molecule has 0 aromatic rings. The highest BCUT2D eigenvalue weighted by molar-refractivity contribution is 5.72. The molecule has 6 heteroatoms. The smallest absolute Gasteiger partial charge is 0.275 e. The third-order valence-electron chi connectivity index (χ3n) is 1.68. The Labute approximate surface area is 77.8 Å². The number of rotatable bonds is 6. The molecule has 0 aliphatic heterocycles. The number of nitrogens with one attached hydrogen (secondary N) is 1. The highest BCUT2D eigenvalue weighted by atomic mass is 16.2. The standard InChI is InChI=1S/C7H17N4O2/c8-10-7(13)11(9)5-3-1-2-4-6-12/h1-6,8-9H2,(H,10,13). The number of nitrogens with two attached hydrogens (primary N) is 2. The maximum Gasteiger partial charge on any atom is 0.345 e. The van der Waals surface area contributed by atoms with Crippen molar-refractivity contribution in [3.8, 4) is 0 Å². The number of hydrazine groups is 2. The molecule has 0 fully saturated rings. The normalized spacial score (nSPS) is 9.77. The van der Waals surface area contributed by atoms with Crippen LogP contribution in [0, 0.1) is 0 Å². The quantitative estimate of drug-likeness (QED) is 0.232. The lowest BCUT2D eigenvalue weighted by molar-refractivity contribution is 0.183. The Balaban J connectivity index is 3.26. The van der Waals surface area contributed by atoms with Crippen molar-refractivity contribution < 1.29 is 9.90 Å². The van der Waals surface area contributed by atoms with Gasteiger partial charge in [-0.15, -0.1) is 0 Å². The Morgan fingerprint density at radius 3 is 2.38 bits per heavy atom. The van der Waals surface area contributed by atoms with Gasteiger partial charge >= 0.3 is 6.03 Å². The lowest BCUT2D eigenvalue weighted by atomic mass is 10.2. The summed E-state index contributed by atoms with van der Waals surface area (Å²) in [4.78, 5) is 10.7. The second-order valence-corrected chi connectivity index (χ2v) is 2.76. The van der Waals surface area contributed by atoms with Crippen LogP contribution >= 0.6 is 0 Å². The summed E-state index contributed by atoms with van der Waals surface area (Å²) in [5.41, 5.74) is 1.93. The van der Waals surface area contributed by atoms with Crippen LogP contribution in [-0.2, 0) is 5.11 Å². The molecule has 0 aliphatic rings. The van der Waals surface area contributed by atoms with Crippen LogP contribution in [0.3, 0.4) is 0 Å². The van der Waals surface area contributed by atoms with E-state index < -0.39 is 6.03 Å². The van der Waals surface area contributed by atoms with Crippen molar-refractivity contribution in [1.29, 1.82) is 0 Å². The number of nitrogens with zero attached hydrogens (tertiary/aromatic N) is 1. The van der Waals surface area contributed by atoms with E-state index in [0.717, 1.165) is 24.3 Å². The Bertz CT molecular complexity index is 142. The van der Waals surface area contributed by atoms with Gasteiger partial charge in [0, 0.05) is 6.54 Å². The lowest BCUT2D eigenvalue weighted by Gasteiger charge is -2.14. The van der Waals surface area contributed by atoms with Gasteiger partial charge in [-0.25, -0.2) is 21.6 Å². The van der Waals surface area contributed by atoms with Gasteiger partial charge < -0.3 is 0 Å². The molecule has 0 rings (SSSR count). The number of hydrogen-bond acceptors (Lipinski definition) is 3. The molecular formula is C7H17N4O2. The van der Waals surface area contributed by atoms with Crippen molar-refractivity contribution in [2.24, 2.45) is 11.7 Å². The molecule has 0 bridgehead atoms. The van der Waals surface area contributed by atoms with Gasteiger partial charge in [0.1, 0.15) is 0 Å². The van der Waals surface area contributed by atoms with Gasteiger partial charge in [0.2, 0.25) is 0 Å². The van der Waals surface area contributed by atoms with E-state index in [1.54, 1.807) is 0 Å². The van der Waals surface area contributed by atoms with Crippen LogP contribution in [0.2, 0.25) is 0 Å². The van der Waals surface area contributed by atoms with E-state index in [9.17, 15) is 9.90 Å². The van der Waals surface area contributed by atoms with Crippen molar-refractivity contribution in [2.45, 2.75) is 25.7 Å². The van der Waals surface area contributed by atoms with E-state index >= 15 is 0 Å². The summed E-state index contributed by atoms with van der Waals surface area (Å²) in [5.74, 6) is 10.2. The molecule has 0 atom stereocenters. The minimum Gasteiger partial charge on any atom is -0.275 e. The Morgan fingerprint density at radius 2 is 1.85 bits per heavy atom. The maximum absolute atomic E-state index is 10.7. The second kappa shape index (κ2) is 7.78.